The van der Waals surface area contributed by atoms with Gasteiger partial charge in [-0.05, 0) is 39.3 Å². The van der Waals surface area contributed by atoms with Crippen LogP contribution in [-0.2, 0) is 0 Å². The first-order valence-corrected chi connectivity index (χ1v) is 5.28. The van der Waals surface area contributed by atoms with Gasteiger partial charge in [0.05, 0.1) is 5.60 Å². The second-order valence-corrected chi connectivity index (χ2v) is 4.74. The van der Waals surface area contributed by atoms with Crippen LogP contribution in [0.5, 0.6) is 0 Å². The van der Waals surface area contributed by atoms with Gasteiger partial charge in [-0.2, -0.15) is 0 Å². The Morgan fingerprint density at radius 1 is 1.38 bits per heavy atom. The van der Waals surface area contributed by atoms with E-state index in [1.807, 2.05) is 6.92 Å². The average molecular weight is 187 g/mol. The molecule has 0 aromatic rings. The molecule has 0 aliphatic carbocycles. The lowest BCUT2D eigenvalue weighted by Crippen LogP contribution is -2.32. The van der Waals surface area contributed by atoms with Crippen LogP contribution in [0.15, 0.2) is 0 Å². The molecule has 0 radical (unpaired) electrons. The SMILES string of the molecule is CCN(C)CCC(C)(O)CC(C)C. The molecular formula is C11H25NO. The molecule has 0 aromatic heterocycles. The van der Waals surface area contributed by atoms with Gasteiger partial charge >= 0.3 is 0 Å². The zero-order valence-electron chi connectivity index (χ0n) is 9.80. The van der Waals surface area contributed by atoms with Crippen molar-refractivity contribution in [1.82, 2.24) is 4.90 Å². The van der Waals surface area contributed by atoms with Crippen molar-refractivity contribution in [2.24, 2.45) is 5.92 Å². The maximum Gasteiger partial charge on any atom is 0.0634 e. The minimum atomic E-state index is -0.488. The summed E-state index contributed by atoms with van der Waals surface area (Å²) in [6.45, 7) is 10.4. The number of hydrogen-bond acceptors (Lipinski definition) is 2. The van der Waals surface area contributed by atoms with Crippen molar-refractivity contribution >= 4 is 0 Å². The minimum Gasteiger partial charge on any atom is -0.390 e. The number of nitrogens with zero attached hydrogens (tertiary/aromatic N) is 1. The molecule has 0 aliphatic rings. The van der Waals surface area contributed by atoms with Gasteiger partial charge in [-0.15, -0.1) is 0 Å². The molecule has 0 amide bonds. The lowest BCUT2D eigenvalue weighted by molar-refractivity contribution is 0.0226. The average Bonchev–Trinajstić information content (AvgIpc) is 1.98. The summed E-state index contributed by atoms with van der Waals surface area (Å²) < 4.78 is 0. The van der Waals surface area contributed by atoms with Crippen LogP contribution < -0.4 is 0 Å². The Morgan fingerprint density at radius 2 is 1.92 bits per heavy atom. The molecule has 0 bridgehead atoms. The van der Waals surface area contributed by atoms with E-state index in [0.717, 1.165) is 25.9 Å². The predicted molar refractivity (Wildman–Crippen MR) is 57.9 cm³/mol. The van der Waals surface area contributed by atoms with Gasteiger partial charge in [-0.3, -0.25) is 0 Å². The molecule has 0 aliphatic heterocycles. The van der Waals surface area contributed by atoms with Crippen molar-refractivity contribution < 1.29 is 5.11 Å². The van der Waals surface area contributed by atoms with Gasteiger partial charge in [0, 0.05) is 6.54 Å². The van der Waals surface area contributed by atoms with Crippen molar-refractivity contribution in [3.8, 4) is 0 Å². The monoisotopic (exact) mass is 187 g/mol. The van der Waals surface area contributed by atoms with E-state index in [1.165, 1.54) is 0 Å². The fourth-order valence-electron chi connectivity index (χ4n) is 1.57. The van der Waals surface area contributed by atoms with Gasteiger partial charge in [-0.25, -0.2) is 0 Å². The summed E-state index contributed by atoms with van der Waals surface area (Å²) >= 11 is 0. The molecule has 80 valence electrons. The number of aliphatic hydroxyl groups is 1. The summed E-state index contributed by atoms with van der Waals surface area (Å²) in [5, 5.41) is 10.0. The van der Waals surface area contributed by atoms with Crippen LogP contribution in [0.4, 0.5) is 0 Å². The Labute approximate surface area is 82.9 Å². The fraction of sp³-hybridized carbons (Fsp3) is 1.00. The largest absolute Gasteiger partial charge is 0.390 e. The van der Waals surface area contributed by atoms with Crippen LogP contribution in [0.25, 0.3) is 0 Å². The van der Waals surface area contributed by atoms with Crippen LogP contribution in [-0.4, -0.2) is 35.7 Å². The first-order valence-electron chi connectivity index (χ1n) is 5.28. The van der Waals surface area contributed by atoms with Gasteiger partial charge in [0.15, 0.2) is 0 Å². The summed E-state index contributed by atoms with van der Waals surface area (Å²) in [4.78, 5) is 2.23. The Kier molecular flexibility index (Phi) is 5.57. The Hall–Kier alpha value is -0.0800. The third kappa shape index (κ3) is 7.03. The summed E-state index contributed by atoms with van der Waals surface area (Å²) in [6, 6.07) is 0. The zero-order chi connectivity index (χ0) is 10.5. The Balaban J connectivity index is 3.74. The highest BCUT2D eigenvalue weighted by atomic mass is 16.3. The van der Waals surface area contributed by atoms with E-state index in [1.54, 1.807) is 0 Å². The molecule has 0 aromatic carbocycles. The van der Waals surface area contributed by atoms with Gasteiger partial charge < -0.3 is 10.0 Å². The summed E-state index contributed by atoms with van der Waals surface area (Å²) in [7, 11) is 2.09. The number of rotatable bonds is 6. The molecule has 0 saturated heterocycles. The van der Waals surface area contributed by atoms with E-state index in [0.29, 0.717) is 5.92 Å². The third-order valence-corrected chi connectivity index (χ3v) is 2.42. The van der Waals surface area contributed by atoms with Gasteiger partial charge in [-0.1, -0.05) is 20.8 Å². The Bertz CT molecular complexity index is 132. The van der Waals surface area contributed by atoms with E-state index in [9.17, 15) is 5.11 Å². The highest BCUT2D eigenvalue weighted by molar-refractivity contribution is 4.75. The standard InChI is InChI=1S/C11H25NO/c1-6-12(5)8-7-11(4,13)9-10(2)3/h10,13H,6-9H2,1-5H3. The van der Waals surface area contributed by atoms with E-state index in [-0.39, 0.29) is 0 Å². The molecule has 1 unspecified atom stereocenters. The van der Waals surface area contributed by atoms with Crippen molar-refractivity contribution in [1.29, 1.82) is 0 Å². The number of hydrogen-bond donors (Lipinski definition) is 1. The van der Waals surface area contributed by atoms with Crippen molar-refractivity contribution in [2.45, 2.75) is 46.1 Å². The van der Waals surface area contributed by atoms with Crippen molar-refractivity contribution in [3.63, 3.8) is 0 Å². The van der Waals surface area contributed by atoms with Crippen molar-refractivity contribution in [2.75, 3.05) is 20.1 Å². The molecule has 0 spiro atoms. The highest BCUT2D eigenvalue weighted by Gasteiger charge is 2.21. The molecule has 0 heterocycles. The highest BCUT2D eigenvalue weighted by Crippen LogP contribution is 2.19. The summed E-state index contributed by atoms with van der Waals surface area (Å²) in [5.74, 6) is 0.571. The molecule has 2 heteroatoms. The first kappa shape index (κ1) is 12.9. The predicted octanol–water partition coefficient (Wildman–Crippen LogP) is 2.13. The minimum absolute atomic E-state index is 0.488. The summed E-state index contributed by atoms with van der Waals surface area (Å²) in [6.07, 6.45) is 1.76. The molecule has 1 atom stereocenters. The second-order valence-electron chi connectivity index (χ2n) is 4.74. The molecule has 2 nitrogen and oxygen atoms in total. The molecule has 0 fully saturated rings. The van der Waals surface area contributed by atoms with Crippen LogP contribution in [0.3, 0.4) is 0 Å². The molecule has 13 heavy (non-hydrogen) atoms. The maximum atomic E-state index is 10.0. The topological polar surface area (TPSA) is 23.5 Å². The fourth-order valence-corrected chi connectivity index (χ4v) is 1.57. The quantitative estimate of drug-likeness (QED) is 0.688. The first-order chi connectivity index (χ1) is 5.87. The van der Waals surface area contributed by atoms with E-state index in [4.69, 9.17) is 0 Å². The zero-order valence-corrected chi connectivity index (χ0v) is 9.80. The molecule has 0 saturated carbocycles. The van der Waals surface area contributed by atoms with Gasteiger partial charge in [0.25, 0.3) is 0 Å². The molecule has 0 rings (SSSR count). The normalized spacial score (nSPS) is 16.6. The smallest absolute Gasteiger partial charge is 0.0634 e. The van der Waals surface area contributed by atoms with Crippen LogP contribution in [0.1, 0.15) is 40.5 Å². The van der Waals surface area contributed by atoms with E-state index in [2.05, 4.69) is 32.7 Å². The van der Waals surface area contributed by atoms with Crippen molar-refractivity contribution in [3.05, 3.63) is 0 Å². The van der Waals surface area contributed by atoms with Crippen LogP contribution in [0.2, 0.25) is 0 Å². The van der Waals surface area contributed by atoms with E-state index < -0.39 is 5.60 Å². The van der Waals surface area contributed by atoms with Gasteiger partial charge in [0.2, 0.25) is 0 Å². The maximum absolute atomic E-state index is 10.0. The lowest BCUT2D eigenvalue weighted by atomic mass is 9.91. The Morgan fingerprint density at radius 3 is 2.31 bits per heavy atom. The van der Waals surface area contributed by atoms with E-state index >= 15 is 0 Å². The van der Waals surface area contributed by atoms with Crippen LogP contribution >= 0.6 is 0 Å². The molecule has 1 N–H and O–H groups in total. The molecular weight excluding hydrogens is 162 g/mol. The lowest BCUT2D eigenvalue weighted by Gasteiger charge is -2.27. The summed E-state index contributed by atoms with van der Waals surface area (Å²) in [5.41, 5.74) is -0.488. The van der Waals surface area contributed by atoms with Gasteiger partial charge in [0.1, 0.15) is 0 Å². The second kappa shape index (κ2) is 5.61. The third-order valence-electron chi connectivity index (χ3n) is 2.42. The van der Waals surface area contributed by atoms with Crippen LogP contribution in [0, 0.1) is 5.92 Å².